The zero-order chi connectivity index (χ0) is 17.2. The summed E-state index contributed by atoms with van der Waals surface area (Å²) in [6.45, 7) is 0. The third kappa shape index (κ3) is 6.64. The summed E-state index contributed by atoms with van der Waals surface area (Å²) in [5.41, 5.74) is 2.22. The van der Waals surface area contributed by atoms with Gasteiger partial charge in [-0.05, 0) is 36.3 Å². The van der Waals surface area contributed by atoms with Gasteiger partial charge in [0.2, 0.25) is 0 Å². The summed E-state index contributed by atoms with van der Waals surface area (Å²) in [4.78, 5) is 11.1. The first-order chi connectivity index (χ1) is 11.7. The van der Waals surface area contributed by atoms with Crippen LogP contribution in [0.2, 0.25) is 0 Å². The second-order valence-electron chi connectivity index (χ2n) is 7.12. The Morgan fingerprint density at radius 2 is 1.88 bits per heavy atom. The first kappa shape index (κ1) is 19.0. The van der Waals surface area contributed by atoms with E-state index in [2.05, 4.69) is 16.9 Å². The number of ether oxygens (including phenoxy) is 1. The highest BCUT2D eigenvalue weighted by Crippen LogP contribution is 2.29. The lowest BCUT2D eigenvalue weighted by Crippen LogP contribution is -2.07. The van der Waals surface area contributed by atoms with E-state index in [1.165, 1.54) is 51.2 Å². The number of aryl methyl sites for hydroxylation is 1. The Labute approximate surface area is 146 Å². The first-order valence-corrected chi connectivity index (χ1v) is 9.52. The Morgan fingerprint density at radius 1 is 1.17 bits per heavy atom. The zero-order valence-corrected chi connectivity index (χ0v) is 15.0. The summed E-state index contributed by atoms with van der Waals surface area (Å²) in [6, 6.07) is 8.19. The van der Waals surface area contributed by atoms with Crippen LogP contribution >= 0.6 is 0 Å². The van der Waals surface area contributed by atoms with Gasteiger partial charge in [-0.3, -0.25) is 4.79 Å². The fourth-order valence-corrected chi connectivity index (χ4v) is 3.69. The van der Waals surface area contributed by atoms with Gasteiger partial charge in [-0.15, -0.1) is 0 Å². The second kappa shape index (κ2) is 10.5. The van der Waals surface area contributed by atoms with Gasteiger partial charge in [0.15, 0.2) is 0 Å². The maximum Gasteiger partial charge on any atom is 0.305 e. The molecule has 1 atom stereocenters. The molecule has 0 aromatic heterocycles. The molecule has 0 bridgehead atoms. The zero-order valence-electron chi connectivity index (χ0n) is 15.0. The van der Waals surface area contributed by atoms with E-state index in [1.807, 2.05) is 12.1 Å². The summed E-state index contributed by atoms with van der Waals surface area (Å²) in [5.74, 6) is 0.739. The Hall–Kier alpha value is -1.35. The van der Waals surface area contributed by atoms with Crippen molar-refractivity contribution in [3.05, 3.63) is 35.4 Å². The fraction of sp³-hybridized carbons (Fsp3) is 0.667. The first-order valence-electron chi connectivity index (χ1n) is 9.52. The normalized spacial score (nSPS) is 16.8. The molecule has 0 saturated heterocycles. The minimum atomic E-state index is -0.349. The fourth-order valence-electron chi connectivity index (χ4n) is 3.69. The van der Waals surface area contributed by atoms with E-state index in [9.17, 15) is 9.90 Å². The second-order valence-corrected chi connectivity index (χ2v) is 7.12. The number of carbonyl (C=O) groups is 1. The Morgan fingerprint density at radius 3 is 2.54 bits per heavy atom. The molecule has 3 nitrogen and oxygen atoms in total. The van der Waals surface area contributed by atoms with E-state index in [-0.39, 0.29) is 12.1 Å². The molecule has 0 heterocycles. The highest BCUT2D eigenvalue weighted by molar-refractivity contribution is 5.69. The minimum Gasteiger partial charge on any atom is -0.469 e. The molecule has 1 aromatic rings. The largest absolute Gasteiger partial charge is 0.469 e. The summed E-state index contributed by atoms with van der Waals surface area (Å²) >= 11 is 0. The van der Waals surface area contributed by atoms with E-state index in [0.29, 0.717) is 6.42 Å². The van der Waals surface area contributed by atoms with Crippen LogP contribution in [0.25, 0.3) is 0 Å². The van der Waals surface area contributed by atoms with E-state index in [4.69, 9.17) is 0 Å². The molecule has 0 aliphatic heterocycles. The molecule has 1 unspecified atom stereocenters. The van der Waals surface area contributed by atoms with Gasteiger partial charge in [0.1, 0.15) is 0 Å². The number of hydrogen-bond acceptors (Lipinski definition) is 3. The van der Waals surface area contributed by atoms with Crippen LogP contribution in [0.4, 0.5) is 0 Å². The van der Waals surface area contributed by atoms with Crippen molar-refractivity contribution in [3.63, 3.8) is 0 Å². The Bertz CT molecular complexity index is 474. The predicted molar refractivity (Wildman–Crippen MR) is 96.8 cm³/mol. The molecule has 2 rings (SSSR count). The molecule has 1 aromatic carbocycles. The summed E-state index contributed by atoms with van der Waals surface area (Å²) < 4.78 is 4.65. The quantitative estimate of drug-likeness (QED) is 0.650. The molecular formula is C21H32O3. The standard InChI is InChI=1S/C21H32O3/c1-24-21(23)12-6-10-18-13-15-19(16-14-18)20(22)11-5-9-17-7-3-2-4-8-17/h13-17,20,22H,2-12H2,1H3. The third-order valence-corrected chi connectivity index (χ3v) is 5.25. The van der Waals surface area contributed by atoms with Crippen LogP contribution in [-0.4, -0.2) is 18.2 Å². The number of carbonyl (C=O) groups excluding carboxylic acids is 1. The van der Waals surface area contributed by atoms with Crippen molar-refractivity contribution in [2.45, 2.75) is 76.7 Å². The maximum absolute atomic E-state index is 11.1. The highest BCUT2D eigenvalue weighted by atomic mass is 16.5. The lowest BCUT2D eigenvalue weighted by atomic mass is 9.85. The summed E-state index contributed by atoms with van der Waals surface area (Å²) in [7, 11) is 1.42. The molecule has 1 aliphatic carbocycles. The number of aliphatic hydroxyl groups excluding tert-OH is 1. The number of esters is 1. The van der Waals surface area contributed by atoms with Crippen LogP contribution < -0.4 is 0 Å². The predicted octanol–water partition coefficient (Wildman–Crippen LogP) is 4.97. The lowest BCUT2D eigenvalue weighted by Gasteiger charge is -2.22. The van der Waals surface area contributed by atoms with Crippen molar-refractivity contribution in [3.8, 4) is 0 Å². The van der Waals surface area contributed by atoms with E-state index in [1.54, 1.807) is 0 Å². The molecule has 0 radical (unpaired) electrons. The molecule has 0 spiro atoms. The van der Waals surface area contributed by atoms with Gasteiger partial charge >= 0.3 is 5.97 Å². The number of aliphatic hydroxyl groups is 1. The number of benzene rings is 1. The molecule has 134 valence electrons. The van der Waals surface area contributed by atoms with Crippen molar-refractivity contribution >= 4 is 5.97 Å². The van der Waals surface area contributed by atoms with Crippen molar-refractivity contribution in [1.29, 1.82) is 0 Å². The van der Waals surface area contributed by atoms with Crippen LogP contribution in [0.3, 0.4) is 0 Å². The van der Waals surface area contributed by atoms with Gasteiger partial charge in [0.25, 0.3) is 0 Å². The highest BCUT2D eigenvalue weighted by Gasteiger charge is 2.14. The molecule has 1 N–H and O–H groups in total. The van der Waals surface area contributed by atoms with Crippen LogP contribution in [0.5, 0.6) is 0 Å². The summed E-state index contributed by atoms with van der Waals surface area (Å²) in [6.07, 6.45) is 12.0. The minimum absolute atomic E-state index is 0.153. The van der Waals surface area contributed by atoms with E-state index in [0.717, 1.165) is 37.2 Å². The molecule has 1 aliphatic rings. The Kier molecular flexibility index (Phi) is 8.31. The third-order valence-electron chi connectivity index (χ3n) is 5.25. The maximum atomic E-state index is 11.1. The average molecular weight is 332 g/mol. The van der Waals surface area contributed by atoms with Crippen molar-refractivity contribution in [2.24, 2.45) is 5.92 Å². The number of rotatable bonds is 9. The van der Waals surface area contributed by atoms with Crippen molar-refractivity contribution in [2.75, 3.05) is 7.11 Å². The monoisotopic (exact) mass is 332 g/mol. The van der Waals surface area contributed by atoms with E-state index < -0.39 is 0 Å². The Balaban J connectivity index is 1.68. The molecular weight excluding hydrogens is 300 g/mol. The van der Waals surface area contributed by atoms with Gasteiger partial charge in [0.05, 0.1) is 13.2 Å². The molecule has 1 fully saturated rings. The van der Waals surface area contributed by atoms with Gasteiger partial charge in [0, 0.05) is 6.42 Å². The smallest absolute Gasteiger partial charge is 0.305 e. The van der Waals surface area contributed by atoms with Crippen molar-refractivity contribution < 1.29 is 14.6 Å². The molecule has 24 heavy (non-hydrogen) atoms. The lowest BCUT2D eigenvalue weighted by molar-refractivity contribution is -0.140. The van der Waals surface area contributed by atoms with Crippen LogP contribution in [0.15, 0.2) is 24.3 Å². The topological polar surface area (TPSA) is 46.5 Å². The number of methoxy groups -OCH3 is 1. The average Bonchev–Trinajstić information content (AvgIpc) is 2.63. The van der Waals surface area contributed by atoms with Crippen LogP contribution in [-0.2, 0) is 16.0 Å². The van der Waals surface area contributed by atoms with Crippen LogP contribution in [0.1, 0.15) is 81.4 Å². The van der Waals surface area contributed by atoms with Gasteiger partial charge < -0.3 is 9.84 Å². The van der Waals surface area contributed by atoms with Gasteiger partial charge in [-0.25, -0.2) is 0 Å². The summed E-state index contributed by atoms with van der Waals surface area (Å²) in [5, 5.41) is 10.4. The van der Waals surface area contributed by atoms with E-state index >= 15 is 0 Å². The molecule has 0 amide bonds. The van der Waals surface area contributed by atoms with Crippen molar-refractivity contribution in [1.82, 2.24) is 0 Å². The molecule has 1 saturated carbocycles. The van der Waals surface area contributed by atoms with Gasteiger partial charge in [-0.1, -0.05) is 69.2 Å². The molecule has 3 heteroatoms. The number of hydrogen-bond donors (Lipinski definition) is 1. The van der Waals surface area contributed by atoms with Gasteiger partial charge in [-0.2, -0.15) is 0 Å². The SMILES string of the molecule is COC(=O)CCCc1ccc(C(O)CCCC2CCCCC2)cc1. The van der Waals surface area contributed by atoms with Crippen LogP contribution in [0, 0.1) is 5.92 Å².